The highest BCUT2D eigenvalue weighted by atomic mass is 32.1. The van der Waals surface area contributed by atoms with Gasteiger partial charge in [0.2, 0.25) is 11.9 Å². The van der Waals surface area contributed by atoms with Gasteiger partial charge in [0.05, 0.1) is 16.6 Å². The van der Waals surface area contributed by atoms with Crippen LogP contribution in [0.15, 0.2) is 18.2 Å². The van der Waals surface area contributed by atoms with Crippen LogP contribution in [0.1, 0.15) is 29.4 Å². The Labute approximate surface area is 159 Å². The predicted molar refractivity (Wildman–Crippen MR) is 106 cm³/mol. The van der Waals surface area contributed by atoms with Crippen molar-refractivity contribution in [2.45, 2.75) is 33.6 Å². The molecule has 0 aliphatic carbocycles. The second-order valence-electron chi connectivity index (χ2n) is 6.34. The van der Waals surface area contributed by atoms with Gasteiger partial charge in [-0.3, -0.25) is 4.79 Å². The lowest BCUT2D eigenvalue weighted by atomic mass is 10.1. The van der Waals surface area contributed by atoms with Gasteiger partial charge in [0, 0.05) is 17.0 Å². The molecule has 138 valence electrons. The molecule has 1 amide bonds. The lowest BCUT2D eigenvalue weighted by Gasteiger charge is -2.09. The molecule has 9 heteroatoms. The topological polar surface area (TPSA) is 111 Å². The molecule has 0 spiro atoms. The van der Waals surface area contributed by atoms with Crippen LogP contribution in [0.25, 0.3) is 16.0 Å². The highest BCUT2D eigenvalue weighted by Gasteiger charge is 2.16. The van der Waals surface area contributed by atoms with E-state index in [-0.39, 0.29) is 18.3 Å². The van der Waals surface area contributed by atoms with Crippen molar-refractivity contribution in [2.24, 2.45) is 0 Å². The van der Waals surface area contributed by atoms with Crippen molar-refractivity contribution in [2.75, 3.05) is 11.1 Å². The zero-order valence-electron chi connectivity index (χ0n) is 15.3. The number of rotatable bonds is 4. The summed E-state index contributed by atoms with van der Waals surface area (Å²) in [5.74, 6) is 0.447. The molecular weight excluding hydrogens is 362 g/mol. The van der Waals surface area contributed by atoms with E-state index in [2.05, 4.69) is 44.4 Å². The Kier molecular flexibility index (Phi) is 4.23. The van der Waals surface area contributed by atoms with E-state index >= 15 is 0 Å². The molecule has 1 aromatic carbocycles. The minimum atomic E-state index is -0.148. The van der Waals surface area contributed by atoms with Gasteiger partial charge in [-0.2, -0.15) is 9.50 Å². The first-order chi connectivity index (χ1) is 12.9. The van der Waals surface area contributed by atoms with E-state index in [1.54, 1.807) is 4.52 Å². The number of hydrogen-bond acceptors (Lipinski definition) is 7. The molecule has 4 rings (SSSR count). The molecular formula is C18H19N7OS. The Morgan fingerprint density at radius 2 is 2.07 bits per heavy atom. The van der Waals surface area contributed by atoms with Crippen molar-refractivity contribution in [3.63, 3.8) is 0 Å². The third kappa shape index (κ3) is 3.21. The SMILES string of the molecule is CCc1ccc2nc(NC(=O)Cc3c(C)nc4nc(N)nn4c3C)sc2c1. The number of aromatic nitrogens is 5. The summed E-state index contributed by atoms with van der Waals surface area (Å²) < 4.78 is 2.63. The average molecular weight is 381 g/mol. The molecule has 0 fully saturated rings. The monoisotopic (exact) mass is 381 g/mol. The number of thiazole rings is 1. The number of nitrogens with two attached hydrogens (primary N) is 1. The molecule has 0 saturated heterocycles. The number of nitrogens with one attached hydrogen (secondary N) is 1. The minimum Gasteiger partial charge on any atom is -0.366 e. The van der Waals surface area contributed by atoms with Crippen LogP contribution in [-0.4, -0.2) is 30.5 Å². The molecule has 3 aromatic heterocycles. The second-order valence-corrected chi connectivity index (χ2v) is 7.37. The zero-order chi connectivity index (χ0) is 19.1. The fourth-order valence-corrected chi connectivity index (χ4v) is 3.99. The Morgan fingerprint density at radius 3 is 2.85 bits per heavy atom. The lowest BCUT2D eigenvalue weighted by molar-refractivity contribution is -0.115. The van der Waals surface area contributed by atoms with Crippen molar-refractivity contribution < 1.29 is 4.79 Å². The number of carbonyl (C=O) groups is 1. The maximum atomic E-state index is 12.6. The molecule has 4 aromatic rings. The van der Waals surface area contributed by atoms with Crippen molar-refractivity contribution in [3.8, 4) is 0 Å². The molecule has 0 bridgehead atoms. The number of fused-ring (bicyclic) bond motifs is 2. The van der Waals surface area contributed by atoms with Gasteiger partial charge in [-0.15, -0.1) is 5.10 Å². The molecule has 27 heavy (non-hydrogen) atoms. The third-order valence-electron chi connectivity index (χ3n) is 4.51. The highest BCUT2D eigenvalue weighted by molar-refractivity contribution is 7.22. The molecule has 3 heterocycles. The Morgan fingerprint density at radius 1 is 1.26 bits per heavy atom. The summed E-state index contributed by atoms with van der Waals surface area (Å²) in [6.45, 7) is 5.84. The van der Waals surface area contributed by atoms with Crippen LogP contribution in [0.2, 0.25) is 0 Å². The third-order valence-corrected chi connectivity index (χ3v) is 5.44. The van der Waals surface area contributed by atoms with Crippen molar-refractivity contribution >= 4 is 44.3 Å². The predicted octanol–water partition coefficient (Wildman–Crippen LogP) is 2.68. The van der Waals surface area contributed by atoms with Crippen LogP contribution < -0.4 is 11.1 Å². The molecule has 0 saturated carbocycles. The highest BCUT2D eigenvalue weighted by Crippen LogP contribution is 2.27. The maximum Gasteiger partial charge on any atom is 0.254 e. The smallest absolute Gasteiger partial charge is 0.254 e. The summed E-state index contributed by atoms with van der Waals surface area (Å²) in [4.78, 5) is 25.5. The van der Waals surface area contributed by atoms with E-state index in [0.29, 0.717) is 10.9 Å². The molecule has 3 N–H and O–H groups in total. The van der Waals surface area contributed by atoms with Gasteiger partial charge < -0.3 is 11.1 Å². The van der Waals surface area contributed by atoms with Crippen molar-refractivity contribution in [1.82, 2.24) is 24.6 Å². The van der Waals surface area contributed by atoms with Crippen LogP contribution in [0.3, 0.4) is 0 Å². The first-order valence-corrected chi connectivity index (χ1v) is 9.44. The quantitative estimate of drug-likeness (QED) is 0.562. The molecule has 0 aliphatic heterocycles. The van der Waals surface area contributed by atoms with Crippen LogP contribution in [0, 0.1) is 13.8 Å². The molecule has 0 aliphatic rings. The van der Waals surface area contributed by atoms with Gasteiger partial charge in [-0.25, -0.2) is 9.97 Å². The number of aryl methyl sites for hydroxylation is 3. The fourth-order valence-electron chi connectivity index (χ4n) is 3.05. The van der Waals surface area contributed by atoms with Gasteiger partial charge in [-0.05, 0) is 38.0 Å². The first kappa shape index (κ1) is 17.3. The molecule has 0 radical (unpaired) electrons. The lowest BCUT2D eigenvalue weighted by Crippen LogP contribution is -2.17. The minimum absolute atomic E-state index is 0.148. The number of nitrogen functional groups attached to an aromatic ring is 1. The van der Waals surface area contributed by atoms with E-state index in [9.17, 15) is 4.79 Å². The van der Waals surface area contributed by atoms with Gasteiger partial charge in [-0.1, -0.05) is 24.3 Å². The summed E-state index contributed by atoms with van der Waals surface area (Å²) in [5, 5.41) is 7.62. The van der Waals surface area contributed by atoms with E-state index in [0.717, 1.165) is 33.6 Å². The number of benzene rings is 1. The summed E-state index contributed by atoms with van der Waals surface area (Å²) in [5.41, 5.74) is 10.1. The standard InChI is InChI=1S/C18H19N7OS/c1-4-11-5-6-13-14(7-11)27-18(21-13)22-15(26)8-12-9(2)20-17-23-16(19)24-25(17)10(12)3/h5-7H,4,8H2,1-3H3,(H2,19,24)(H,21,22,26). The summed E-state index contributed by atoms with van der Waals surface area (Å²) in [6.07, 6.45) is 1.15. The largest absolute Gasteiger partial charge is 0.366 e. The second kappa shape index (κ2) is 6.58. The first-order valence-electron chi connectivity index (χ1n) is 8.62. The molecule has 0 atom stereocenters. The van der Waals surface area contributed by atoms with Crippen molar-refractivity contribution in [3.05, 3.63) is 40.7 Å². The molecule has 8 nitrogen and oxygen atoms in total. The van der Waals surface area contributed by atoms with Crippen molar-refractivity contribution in [1.29, 1.82) is 0 Å². The summed E-state index contributed by atoms with van der Waals surface area (Å²) in [6, 6.07) is 6.16. The van der Waals surface area contributed by atoms with Crippen LogP contribution >= 0.6 is 11.3 Å². The zero-order valence-corrected chi connectivity index (χ0v) is 16.1. The van der Waals surface area contributed by atoms with E-state index in [1.807, 2.05) is 19.9 Å². The number of anilines is 2. The van der Waals surface area contributed by atoms with Gasteiger partial charge >= 0.3 is 0 Å². The maximum absolute atomic E-state index is 12.6. The fraction of sp³-hybridized carbons (Fsp3) is 0.278. The number of amides is 1. The Hall–Kier alpha value is -3.07. The number of nitrogens with zero attached hydrogens (tertiary/aromatic N) is 5. The van der Waals surface area contributed by atoms with E-state index in [1.165, 1.54) is 16.9 Å². The summed E-state index contributed by atoms with van der Waals surface area (Å²) >= 11 is 1.48. The summed E-state index contributed by atoms with van der Waals surface area (Å²) in [7, 11) is 0. The van der Waals surface area contributed by atoms with Crippen LogP contribution in [0.5, 0.6) is 0 Å². The van der Waals surface area contributed by atoms with Gasteiger partial charge in [0.1, 0.15) is 0 Å². The Balaban J connectivity index is 1.58. The normalized spacial score (nSPS) is 11.4. The van der Waals surface area contributed by atoms with Crippen LogP contribution in [-0.2, 0) is 17.6 Å². The van der Waals surface area contributed by atoms with E-state index < -0.39 is 0 Å². The molecule has 0 unspecified atom stereocenters. The average Bonchev–Trinajstić information content (AvgIpc) is 3.19. The van der Waals surface area contributed by atoms with Gasteiger partial charge in [0.25, 0.3) is 5.78 Å². The number of hydrogen-bond donors (Lipinski definition) is 2. The number of carbonyl (C=O) groups excluding carboxylic acids is 1. The van der Waals surface area contributed by atoms with Crippen LogP contribution in [0.4, 0.5) is 11.1 Å². The Bertz CT molecular complexity index is 1180. The van der Waals surface area contributed by atoms with Gasteiger partial charge in [0.15, 0.2) is 5.13 Å². The van der Waals surface area contributed by atoms with E-state index in [4.69, 9.17) is 5.73 Å².